The molecule has 0 aromatic carbocycles. The molecule has 0 amide bonds. The molecule has 0 spiro atoms. The molecule has 0 aliphatic heterocycles. The predicted octanol–water partition coefficient (Wildman–Crippen LogP) is 1.30. The van der Waals surface area contributed by atoms with Crippen LogP contribution in [0, 0.1) is 6.92 Å². The van der Waals surface area contributed by atoms with Gasteiger partial charge in [-0.25, -0.2) is 8.42 Å². The van der Waals surface area contributed by atoms with Crippen LogP contribution in [0.1, 0.15) is 25.2 Å². The van der Waals surface area contributed by atoms with Gasteiger partial charge in [-0.05, 0) is 32.9 Å². The molecule has 0 aliphatic rings. The average molecular weight is 256 g/mol. The van der Waals surface area contributed by atoms with Crippen molar-refractivity contribution in [2.45, 2.75) is 32.6 Å². The van der Waals surface area contributed by atoms with Crippen LogP contribution < -0.4 is 5.32 Å². The summed E-state index contributed by atoms with van der Waals surface area (Å²) in [6.07, 6.45) is 0. The molecule has 1 aromatic rings. The number of aryl methyl sites for hydroxylation is 1. The lowest BCUT2D eigenvalue weighted by Crippen LogP contribution is -2.27. The van der Waals surface area contributed by atoms with Crippen LogP contribution in [0.2, 0.25) is 0 Å². The highest BCUT2D eigenvalue weighted by Crippen LogP contribution is 2.00. The van der Waals surface area contributed by atoms with Gasteiger partial charge < -0.3 is 5.32 Å². The lowest BCUT2D eigenvalue weighted by atomic mass is 10.3. The van der Waals surface area contributed by atoms with Crippen LogP contribution in [-0.4, -0.2) is 30.9 Å². The molecule has 96 valence electrons. The summed E-state index contributed by atoms with van der Waals surface area (Å²) in [4.78, 5) is 4.33. The minimum atomic E-state index is -2.94. The molecule has 5 heteroatoms. The van der Waals surface area contributed by atoms with E-state index in [1.165, 1.54) is 0 Å². The Kier molecular flexibility index (Phi) is 5.08. The molecule has 0 saturated carbocycles. The van der Waals surface area contributed by atoms with Gasteiger partial charge in [-0.15, -0.1) is 0 Å². The summed E-state index contributed by atoms with van der Waals surface area (Å²) in [5.74, 6) is 0.177. The Labute approximate surface area is 103 Å². The van der Waals surface area contributed by atoms with Gasteiger partial charge in [0.1, 0.15) is 0 Å². The van der Waals surface area contributed by atoms with Crippen LogP contribution >= 0.6 is 0 Å². The van der Waals surface area contributed by atoms with E-state index in [0.717, 1.165) is 11.4 Å². The molecule has 0 aliphatic carbocycles. The molecular formula is C12H20N2O2S. The summed E-state index contributed by atoms with van der Waals surface area (Å²) in [6, 6.07) is 5.81. The van der Waals surface area contributed by atoms with Crippen molar-refractivity contribution in [3.05, 3.63) is 29.6 Å². The lowest BCUT2D eigenvalue weighted by molar-refractivity contribution is 0.581. The maximum absolute atomic E-state index is 11.5. The lowest BCUT2D eigenvalue weighted by Gasteiger charge is -2.08. The summed E-state index contributed by atoms with van der Waals surface area (Å²) >= 11 is 0. The van der Waals surface area contributed by atoms with E-state index in [9.17, 15) is 8.42 Å². The maximum atomic E-state index is 11.5. The van der Waals surface area contributed by atoms with Crippen LogP contribution in [0.25, 0.3) is 0 Å². The Hall–Kier alpha value is -0.940. The van der Waals surface area contributed by atoms with E-state index in [-0.39, 0.29) is 11.0 Å². The highest BCUT2D eigenvalue weighted by atomic mass is 32.2. The quantitative estimate of drug-likeness (QED) is 0.780. The molecule has 1 aromatic heterocycles. The monoisotopic (exact) mass is 256 g/mol. The molecule has 4 nitrogen and oxygen atoms in total. The minimum absolute atomic E-state index is 0.177. The van der Waals surface area contributed by atoms with Gasteiger partial charge >= 0.3 is 0 Å². The Morgan fingerprint density at radius 1 is 1.35 bits per heavy atom. The molecular weight excluding hydrogens is 236 g/mol. The van der Waals surface area contributed by atoms with Crippen molar-refractivity contribution in [3.8, 4) is 0 Å². The van der Waals surface area contributed by atoms with Crippen molar-refractivity contribution in [1.29, 1.82) is 0 Å². The van der Waals surface area contributed by atoms with Gasteiger partial charge in [0.05, 0.1) is 16.7 Å². The molecule has 1 N–H and O–H groups in total. The van der Waals surface area contributed by atoms with E-state index in [1.54, 1.807) is 13.8 Å². The predicted molar refractivity (Wildman–Crippen MR) is 69.6 cm³/mol. The van der Waals surface area contributed by atoms with Crippen LogP contribution in [-0.2, 0) is 16.4 Å². The van der Waals surface area contributed by atoms with E-state index < -0.39 is 9.84 Å². The minimum Gasteiger partial charge on any atom is -0.310 e. The molecule has 0 bridgehead atoms. The summed E-state index contributed by atoms with van der Waals surface area (Å²) in [5, 5.41) is 2.79. The molecule has 0 unspecified atom stereocenters. The summed E-state index contributed by atoms with van der Waals surface area (Å²) in [7, 11) is -2.94. The molecule has 0 atom stereocenters. The van der Waals surface area contributed by atoms with E-state index in [1.807, 2.05) is 25.1 Å². The molecule has 1 rings (SSSR count). The van der Waals surface area contributed by atoms with Crippen LogP contribution in [0.3, 0.4) is 0 Å². The fourth-order valence-electron chi connectivity index (χ4n) is 1.36. The molecule has 17 heavy (non-hydrogen) atoms. The fraction of sp³-hybridized carbons (Fsp3) is 0.583. The van der Waals surface area contributed by atoms with Crippen LogP contribution in [0.15, 0.2) is 18.2 Å². The largest absolute Gasteiger partial charge is 0.310 e. The van der Waals surface area contributed by atoms with Crippen molar-refractivity contribution < 1.29 is 8.42 Å². The zero-order chi connectivity index (χ0) is 12.9. The normalized spacial score (nSPS) is 12.0. The second kappa shape index (κ2) is 6.12. The first-order chi connectivity index (χ1) is 7.92. The average Bonchev–Trinajstić information content (AvgIpc) is 2.24. The maximum Gasteiger partial charge on any atom is 0.153 e. The SMILES string of the molecule is Cc1cccc(CNCCS(=O)(=O)C(C)C)n1. The Morgan fingerprint density at radius 3 is 2.65 bits per heavy atom. The first-order valence-electron chi connectivity index (χ1n) is 5.76. The number of nitrogens with zero attached hydrogens (tertiary/aromatic N) is 1. The second-order valence-electron chi connectivity index (χ2n) is 4.36. The van der Waals surface area contributed by atoms with E-state index in [2.05, 4.69) is 10.3 Å². The van der Waals surface area contributed by atoms with Gasteiger partial charge in [-0.2, -0.15) is 0 Å². The third-order valence-electron chi connectivity index (χ3n) is 2.53. The standard InChI is InChI=1S/C12H20N2O2S/c1-10(2)17(15,16)8-7-13-9-12-6-4-5-11(3)14-12/h4-6,10,13H,7-9H2,1-3H3. The molecule has 1 heterocycles. The van der Waals surface area contributed by atoms with Crippen LogP contribution in [0.5, 0.6) is 0 Å². The van der Waals surface area contributed by atoms with Crippen molar-refractivity contribution in [2.75, 3.05) is 12.3 Å². The fourth-order valence-corrected chi connectivity index (χ4v) is 2.26. The Balaban J connectivity index is 2.35. The van der Waals surface area contributed by atoms with Gasteiger partial charge in [0.25, 0.3) is 0 Å². The molecule has 0 saturated heterocycles. The number of hydrogen-bond donors (Lipinski definition) is 1. The number of rotatable bonds is 6. The van der Waals surface area contributed by atoms with Crippen molar-refractivity contribution in [2.24, 2.45) is 0 Å². The van der Waals surface area contributed by atoms with Crippen molar-refractivity contribution in [3.63, 3.8) is 0 Å². The number of sulfone groups is 1. The molecule has 0 radical (unpaired) electrons. The first kappa shape index (κ1) is 14.1. The highest BCUT2D eigenvalue weighted by Gasteiger charge is 2.14. The summed E-state index contributed by atoms with van der Waals surface area (Å²) in [5.41, 5.74) is 1.91. The van der Waals surface area contributed by atoms with Crippen molar-refractivity contribution >= 4 is 9.84 Å². The van der Waals surface area contributed by atoms with E-state index in [0.29, 0.717) is 13.1 Å². The Morgan fingerprint density at radius 2 is 2.06 bits per heavy atom. The van der Waals surface area contributed by atoms with E-state index >= 15 is 0 Å². The van der Waals surface area contributed by atoms with Gasteiger partial charge in [0.2, 0.25) is 0 Å². The van der Waals surface area contributed by atoms with Crippen LogP contribution in [0.4, 0.5) is 0 Å². The summed E-state index contributed by atoms with van der Waals surface area (Å²) in [6.45, 7) is 6.42. The summed E-state index contributed by atoms with van der Waals surface area (Å²) < 4.78 is 23.1. The number of nitrogens with one attached hydrogen (secondary N) is 1. The van der Waals surface area contributed by atoms with E-state index in [4.69, 9.17) is 0 Å². The molecule has 0 fully saturated rings. The first-order valence-corrected chi connectivity index (χ1v) is 7.48. The van der Waals surface area contributed by atoms with Gasteiger partial charge in [-0.3, -0.25) is 4.98 Å². The third kappa shape index (κ3) is 4.83. The zero-order valence-corrected chi connectivity index (χ0v) is 11.4. The van der Waals surface area contributed by atoms with Crippen molar-refractivity contribution in [1.82, 2.24) is 10.3 Å². The Bertz CT molecular complexity index is 455. The van der Waals surface area contributed by atoms with Gasteiger partial charge in [-0.1, -0.05) is 6.07 Å². The zero-order valence-electron chi connectivity index (χ0n) is 10.6. The smallest absolute Gasteiger partial charge is 0.153 e. The number of pyridine rings is 1. The number of aromatic nitrogens is 1. The topological polar surface area (TPSA) is 59.1 Å². The number of hydrogen-bond acceptors (Lipinski definition) is 4. The second-order valence-corrected chi connectivity index (χ2v) is 7.04. The van der Waals surface area contributed by atoms with Gasteiger partial charge in [0, 0.05) is 18.8 Å². The highest BCUT2D eigenvalue weighted by molar-refractivity contribution is 7.92. The third-order valence-corrected chi connectivity index (χ3v) is 4.74. The van der Waals surface area contributed by atoms with Gasteiger partial charge in [0.15, 0.2) is 9.84 Å².